The minimum Gasteiger partial charge on any atom is -0.477 e. The van der Waals surface area contributed by atoms with Gasteiger partial charge in [-0.15, -0.1) is 23.1 Å². The van der Waals surface area contributed by atoms with Crippen molar-refractivity contribution >= 4 is 69.1 Å². The highest BCUT2D eigenvalue weighted by atomic mass is 32.2. The number of nitrogen functional groups attached to an aromatic ring is 1. The van der Waals surface area contributed by atoms with E-state index in [1.165, 1.54) is 35.5 Å². The highest BCUT2D eigenvalue weighted by Gasteiger charge is 2.54. The number of nitrogens with two attached hydrogens (primary N) is 1. The number of carbonyl (C=O) groups excluding carboxylic acids is 2. The Morgan fingerprint density at radius 1 is 1.38 bits per heavy atom. The van der Waals surface area contributed by atoms with Crippen LogP contribution in [0, 0.1) is 0 Å². The highest BCUT2D eigenvalue weighted by Crippen LogP contribution is 2.41. The van der Waals surface area contributed by atoms with Crippen LogP contribution in [0.5, 0.6) is 0 Å². The summed E-state index contributed by atoms with van der Waals surface area (Å²) in [7, 11) is 1.28. The number of aliphatic carboxylic acids is 1. The number of thioether (sulfide) groups is 2. The van der Waals surface area contributed by atoms with Gasteiger partial charge in [0.2, 0.25) is 0 Å². The van der Waals surface area contributed by atoms with E-state index in [0.29, 0.717) is 22.0 Å². The third-order valence-electron chi connectivity index (χ3n) is 5.34. The summed E-state index contributed by atoms with van der Waals surface area (Å²) in [6.07, 6.45) is 5.09. The summed E-state index contributed by atoms with van der Waals surface area (Å²) >= 11 is 3.79. The standard InChI is InChI=1S/C21H18N8O5S3/c1-34-27-14(11-9-37-21(22)24-11)17(30)26-15-18(31)29-16(20(32)33)10(8-36-19(15)29)4-7-35-13-3-6-28-12(25-13)2-5-23-28/h2-7,9,15,19H,8H2,1H3,(H2,22,24)(H,26,30)(H,32,33)/b7-4+,27-14?/t15-,19-/m1/s1. The van der Waals surface area contributed by atoms with Crippen molar-refractivity contribution in [1.82, 2.24) is 29.8 Å². The van der Waals surface area contributed by atoms with Gasteiger partial charge >= 0.3 is 5.97 Å². The third kappa shape index (κ3) is 4.77. The topological polar surface area (TPSA) is 177 Å². The maximum absolute atomic E-state index is 13.0. The molecule has 2 amide bonds. The molecule has 1 fully saturated rings. The zero-order chi connectivity index (χ0) is 26.1. The molecule has 5 heterocycles. The van der Waals surface area contributed by atoms with E-state index in [1.54, 1.807) is 45.9 Å². The number of fused-ring (bicyclic) bond motifs is 2. The van der Waals surface area contributed by atoms with Gasteiger partial charge in [-0.1, -0.05) is 16.9 Å². The molecule has 3 aromatic rings. The van der Waals surface area contributed by atoms with Gasteiger partial charge in [0, 0.05) is 23.4 Å². The van der Waals surface area contributed by atoms with Crippen molar-refractivity contribution in [3.8, 4) is 0 Å². The van der Waals surface area contributed by atoms with Crippen molar-refractivity contribution in [2.24, 2.45) is 5.16 Å². The maximum atomic E-state index is 13.0. The monoisotopic (exact) mass is 558 g/mol. The van der Waals surface area contributed by atoms with Gasteiger partial charge in [0.05, 0.1) is 6.20 Å². The SMILES string of the molecule is CON=C(C(=O)N[C@@H]1C(=O)N2C(C(=O)O)=C(/C=C/Sc3ccn4nccc4n3)CS[C@H]12)c1csc(N)n1. The Kier molecular flexibility index (Phi) is 6.86. The molecule has 0 unspecified atom stereocenters. The van der Waals surface area contributed by atoms with Crippen LogP contribution in [-0.2, 0) is 19.2 Å². The first-order chi connectivity index (χ1) is 17.9. The fourth-order valence-corrected chi connectivity index (χ4v) is 6.24. The molecule has 2 aliphatic rings. The van der Waals surface area contributed by atoms with E-state index >= 15 is 0 Å². The molecule has 0 bridgehead atoms. The average Bonchev–Trinajstić information content (AvgIpc) is 3.53. The number of carboxylic acid groups (broad SMARTS) is 1. The zero-order valence-electron chi connectivity index (χ0n) is 19.0. The lowest BCUT2D eigenvalue weighted by Crippen LogP contribution is -2.71. The number of β-lactam (4-membered cyclic amide) rings is 1. The zero-order valence-corrected chi connectivity index (χ0v) is 21.4. The average molecular weight is 559 g/mol. The predicted octanol–water partition coefficient (Wildman–Crippen LogP) is 1.16. The van der Waals surface area contributed by atoms with Gasteiger partial charge < -0.3 is 21.0 Å². The smallest absolute Gasteiger partial charge is 0.352 e. The Morgan fingerprint density at radius 2 is 2.22 bits per heavy atom. The number of nitrogens with zero attached hydrogens (tertiary/aromatic N) is 6. The molecule has 0 aromatic carbocycles. The van der Waals surface area contributed by atoms with Crippen LogP contribution in [0.1, 0.15) is 5.69 Å². The van der Waals surface area contributed by atoms with Crippen LogP contribution >= 0.6 is 34.9 Å². The molecule has 5 rings (SSSR count). The van der Waals surface area contributed by atoms with Gasteiger partial charge in [-0.05, 0) is 23.1 Å². The molecular weight excluding hydrogens is 540 g/mol. The summed E-state index contributed by atoms with van der Waals surface area (Å²) < 4.78 is 1.64. The summed E-state index contributed by atoms with van der Waals surface area (Å²) in [4.78, 5) is 52.3. The van der Waals surface area contributed by atoms with E-state index in [9.17, 15) is 19.5 Å². The first-order valence-electron chi connectivity index (χ1n) is 10.6. The number of oxime groups is 1. The molecule has 4 N–H and O–H groups in total. The maximum Gasteiger partial charge on any atom is 0.352 e. The second kappa shape index (κ2) is 10.2. The Bertz CT molecular complexity index is 1500. The number of carboxylic acids is 1. The number of thiazole rings is 1. The van der Waals surface area contributed by atoms with E-state index in [4.69, 9.17) is 10.6 Å². The molecular formula is C21H18N8O5S3. The minimum atomic E-state index is -1.23. The fraction of sp³-hybridized carbons (Fsp3) is 0.190. The van der Waals surface area contributed by atoms with E-state index < -0.39 is 29.2 Å². The quantitative estimate of drug-likeness (QED) is 0.119. The molecule has 1 saturated heterocycles. The predicted molar refractivity (Wildman–Crippen MR) is 138 cm³/mol. The molecule has 2 aliphatic heterocycles. The molecule has 0 spiro atoms. The van der Waals surface area contributed by atoms with E-state index in [1.807, 2.05) is 0 Å². The molecule has 2 atom stereocenters. The second-order valence-corrected chi connectivity index (χ2v) is 10.5. The van der Waals surface area contributed by atoms with E-state index in [2.05, 4.69) is 25.5 Å². The second-order valence-electron chi connectivity index (χ2n) is 7.55. The van der Waals surface area contributed by atoms with Crippen molar-refractivity contribution in [3.63, 3.8) is 0 Å². The van der Waals surface area contributed by atoms with Crippen molar-refractivity contribution < 1.29 is 24.3 Å². The summed E-state index contributed by atoms with van der Waals surface area (Å²) in [5, 5.41) is 23.9. The number of allylic oxidation sites excluding steroid dienone is 1. The number of hydrogen-bond donors (Lipinski definition) is 3. The Morgan fingerprint density at radius 3 is 2.95 bits per heavy atom. The van der Waals surface area contributed by atoms with E-state index in [0.717, 1.165) is 11.3 Å². The van der Waals surface area contributed by atoms with Crippen LogP contribution in [0.3, 0.4) is 0 Å². The number of aromatic nitrogens is 4. The van der Waals surface area contributed by atoms with Crippen LogP contribution in [0.4, 0.5) is 5.13 Å². The summed E-state index contributed by atoms with van der Waals surface area (Å²) in [6.45, 7) is 0. The van der Waals surface area contributed by atoms with Gasteiger partial charge in [-0.2, -0.15) is 5.10 Å². The van der Waals surface area contributed by atoms with Crippen LogP contribution in [0.2, 0.25) is 0 Å². The van der Waals surface area contributed by atoms with Crippen LogP contribution < -0.4 is 11.1 Å². The number of rotatable bonds is 8. The molecule has 0 aliphatic carbocycles. The molecule has 190 valence electrons. The van der Waals surface area contributed by atoms with Crippen molar-refractivity contribution in [2.75, 3.05) is 18.6 Å². The summed E-state index contributed by atoms with van der Waals surface area (Å²) in [5.41, 5.74) is 6.76. The lowest BCUT2D eigenvalue weighted by atomic mass is 10.0. The molecule has 3 aromatic heterocycles. The lowest BCUT2D eigenvalue weighted by molar-refractivity contribution is -0.150. The molecule has 0 saturated carbocycles. The number of carbonyl (C=O) groups is 3. The van der Waals surface area contributed by atoms with E-state index in [-0.39, 0.29) is 22.2 Å². The first-order valence-corrected chi connectivity index (χ1v) is 13.4. The van der Waals surface area contributed by atoms with Crippen molar-refractivity contribution in [1.29, 1.82) is 0 Å². The van der Waals surface area contributed by atoms with Gasteiger partial charge in [0.15, 0.2) is 16.5 Å². The largest absolute Gasteiger partial charge is 0.477 e. The van der Waals surface area contributed by atoms with Crippen LogP contribution in [0.25, 0.3) is 5.65 Å². The lowest BCUT2D eigenvalue weighted by Gasteiger charge is -2.49. The van der Waals surface area contributed by atoms with Gasteiger partial charge in [0.1, 0.15) is 34.9 Å². The molecule has 13 nitrogen and oxygen atoms in total. The number of hydrogen-bond acceptors (Lipinski definition) is 12. The first kappa shape index (κ1) is 24.8. The Hall–Kier alpha value is -3.89. The Balaban J connectivity index is 1.30. The molecule has 16 heteroatoms. The fourth-order valence-electron chi connectivity index (χ4n) is 3.72. The van der Waals surface area contributed by atoms with Crippen LogP contribution in [-0.4, -0.2) is 77.4 Å². The molecule has 37 heavy (non-hydrogen) atoms. The minimum absolute atomic E-state index is 0.117. The highest BCUT2D eigenvalue weighted by molar-refractivity contribution is 8.02. The Labute approximate surface area is 221 Å². The number of amides is 2. The van der Waals surface area contributed by atoms with Gasteiger partial charge in [-0.3, -0.25) is 14.5 Å². The molecule has 0 radical (unpaired) electrons. The summed E-state index contributed by atoms with van der Waals surface area (Å²) in [5.74, 6) is -2.12. The van der Waals surface area contributed by atoms with Crippen molar-refractivity contribution in [2.45, 2.75) is 16.4 Å². The number of anilines is 1. The normalized spacial score (nSPS) is 19.8. The van der Waals surface area contributed by atoms with Gasteiger partial charge in [-0.25, -0.2) is 19.3 Å². The third-order valence-corrected chi connectivity index (χ3v) is 8.06. The number of nitrogens with one attached hydrogen (secondary N) is 1. The van der Waals surface area contributed by atoms with Crippen LogP contribution in [0.15, 0.2) is 62.8 Å². The van der Waals surface area contributed by atoms with Gasteiger partial charge in [0.25, 0.3) is 11.8 Å². The van der Waals surface area contributed by atoms with Crippen molar-refractivity contribution in [3.05, 3.63) is 58.4 Å². The summed E-state index contributed by atoms with van der Waals surface area (Å²) in [6, 6.07) is 2.63.